The highest BCUT2D eigenvalue weighted by molar-refractivity contribution is 5.92. The SMILES string of the molecule is CCCN(Cc1ccc(Oc2ccccc2)cc1)C(=O)C1CC(C(=O)OC(C(=O)O)C2CCC2)C1C(=O)O. The van der Waals surface area contributed by atoms with E-state index < -0.39 is 41.8 Å². The maximum absolute atomic E-state index is 13.4. The molecule has 2 aliphatic carbocycles. The molecule has 38 heavy (non-hydrogen) atoms. The molecule has 4 rings (SSSR count). The van der Waals surface area contributed by atoms with Crippen molar-refractivity contribution in [2.45, 2.75) is 51.7 Å². The van der Waals surface area contributed by atoms with E-state index in [1.165, 1.54) is 0 Å². The van der Waals surface area contributed by atoms with Gasteiger partial charge in [0.15, 0.2) is 0 Å². The minimum atomic E-state index is -1.27. The minimum Gasteiger partial charge on any atom is -0.481 e. The van der Waals surface area contributed by atoms with Crippen molar-refractivity contribution in [1.29, 1.82) is 0 Å². The monoisotopic (exact) mass is 523 g/mol. The van der Waals surface area contributed by atoms with E-state index in [9.17, 15) is 29.4 Å². The molecule has 2 saturated carbocycles. The van der Waals surface area contributed by atoms with Gasteiger partial charge in [-0.15, -0.1) is 0 Å². The van der Waals surface area contributed by atoms with Crippen molar-refractivity contribution in [1.82, 2.24) is 4.90 Å². The summed E-state index contributed by atoms with van der Waals surface area (Å²) in [7, 11) is 0. The van der Waals surface area contributed by atoms with Crippen LogP contribution in [0.4, 0.5) is 0 Å². The largest absolute Gasteiger partial charge is 0.481 e. The Kier molecular flexibility index (Phi) is 8.66. The highest BCUT2D eigenvalue weighted by Gasteiger charge is 2.55. The van der Waals surface area contributed by atoms with E-state index in [1.54, 1.807) is 4.90 Å². The van der Waals surface area contributed by atoms with Crippen molar-refractivity contribution in [2.24, 2.45) is 23.7 Å². The first kappa shape index (κ1) is 27.2. The quantitative estimate of drug-likeness (QED) is 0.393. The van der Waals surface area contributed by atoms with Crippen molar-refractivity contribution < 1.29 is 38.9 Å². The zero-order valence-corrected chi connectivity index (χ0v) is 21.3. The Labute approximate surface area is 221 Å². The Bertz CT molecular complexity index is 1140. The summed E-state index contributed by atoms with van der Waals surface area (Å²) in [6.45, 7) is 2.65. The number of carbonyl (C=O) groups is 4. The standard InChI is InChI=1S/C29H33NO8/c1-2-15-30(17-18-11-13-21(14-12-18)37-20-9-4-3-5-10-20)26(31)22-16-23(24(22)27(32)33)29(36)38-25(28(34)35)19-7-6-8-19/h3-5,9-14,19,22-25H,2,6-8,15-17H2,1H3,(H,32,33)(H,34,35). The van der Waals surface area contributed by atoms with Crippen LogP contribution in [0.5, 0.6) is 11.5 Å². The van der Waals surface area contributed by atoms with Crippen LogP contribution in [0.2, 0.25) is 0 Å². The predicted molar refractivity (Wildman–Crippen MR) is 136 cm³/mol. The van der Waals surface area contributed by atoms with Crippen LogP contribution >= 0.6 is 0 Å². The summed E-state index contributed by atoms with van der Waals surface area (Å²) in [4.78, 5) is 51.4. The van der Waals surface area contributed by atoms with Crippen molar-refractivity contribution in [2.75, 3.05) is 6.54 Å². The second-order valence-electron chi connectivity index (χ2n) is 10.0. The maximum Gasteiger partial charge on any atom is 0.345 e. The Hall–Kier alpha value is -3.88. The summed E-state index contributed by atoms with van der Waals surface area (Å²) in [5, 5.41) is 19.3. The molecule has 0 radical (unpaired) electrons. The topological polar surface area (TPSA) is 130 Å². The fourth-order valence-corrected chi connectivity index (χ4v) is 5.08. The number of carboxylic acids is 2. The third-order valence-electron chi connectivity index (χ3n) is 7.43. The van der Waals surface area contributed by atoms with Crippen LogP contribution in [-0.4, -0.2) is 51.6 Å². The number of hydrogen-bond acceptors (Lipinski definition) is 6. The van der Waals surface area contributed by atoms with E-state index in [4.69, 9.17) is 9.47 Å². The number of ether oxygens (including phenoxy) is 2. The van der Waals surface area contributed by atoms with Gasteiger partial charge in [0.05, 0.1) is 17.8 Å². The molecule has 1 amide bonds. The molecule has 9 nitrogen and oxygen atoms in total. The van der Waals surface area contributed by atoms with Gasteiger partial charge in [-0.25, -0.2) is 4.79 Å². The van der Waals surface area contributed by atoms with Crippen LogP contribution in [0.1, 0.15) is 44.6 Å². The molecular formula is C29H33NO8. The number of rotatable bonds is 12. The Morgan fingerprint density at radius 3 is 2.16 bits per heavy atom. The molecule has 2 aromatic carbocycles. The zero-order valence-electron chi connectivity index (χ0n) is 21.3. The third kappa shape index (κ3) is 6.15. The van der Waals surface area contributed by atoms with Crippen LogP contribution < -0.4 is 4.74 Å². The molecule has 202 valence electrons. The molecule has 2 aromatic rings. The Morgan fingerprint density at radius 2 is 1.61 bits per heavy atom. The van der Waals surface area contributed by atoms with Crippen LogP contribution in [0.15, 0.2) is 54.6 Å². The molecule has 0 saturated heterocycles. The van der Waals surface area contributed by atoms with Gasteiger partial charge in [0.2, 0.25) is 12.0 Å². The van der Waals surface area contributed by atoms with E-state index in [0.29, 0.717) is 43.9 Å². The van der Waals surface area contributed by atoms with E-state index in [-0.39, 0.29) is 18.2 Å². The molecule has 0 aromatic heterocycles. The number of aliphatic carboxylic acids is 2. The molecule has 4 atom stereocenters. The van der Waals surface area contributed by atoms with Gasteiger partial charge in [-0.1, -0.05) is 43.7 Å². The molecule has 0 heterocycles. The van der Waals surface area contributed by atoms with Crippen molar-refractivity contribution >= 4 is 23.8 Å². The number of para-hydroxylation sites is 1. The van der Waals surface area contributed by atoms with Crippen LogP contribution in [0.3, 0.4) is 0 Å². The second-order valence-corrected chi connectivity index (χ2v) is 10.0. The van der Waals surface area contributed by atoms with Gasteiger partial charge in [-0.3, -0.25) is 14.4 Å². The van der Waals surface area contributed by atoms with Gasteiger partial charge >= 0.3 is 17.9 Å². The lowest BCUT2D eigenvalue weighted by Gasteiger charge is -2.42. The van der Waals surface area contributed by atoms with E-state index in [2.05, 4.69) is 0 Å². The van der Waals surface area contributed by atoms with Gasteiger partial charge in [0.25, 0.3) is 0 Å². The number of nitrogens with zero attached hydrogens (tertiary/aromatic N) is 1. The third-order valence-corrected chi connectivity index (χ3v) is 7.43. The van der Waals surface area contributed by atoms with Crippen molar-refractivity contribution in [3.8, 4) is 11.5 Å². The van der Waals surface area contributed by atoms with Gasteiger partial charge in [-0.05, 0) is 55.5 Å². The molecule has 9 heteroatoms. The smallest absolute Gasteiger partial charge is 0.345 e. The van der Waals surface area contributed by atoms with E-state index >= 15 is 0 Å². The molecule has 0 bridgehead atoms. The first-order chi connectivity index (χ1) is 18.3. The molecule has 0 spiro atoms. The summed E-state index contributed by atoms with van der Waals surface area (Å²) < 4.78 is 11.1. The summed E-state index contributed by atoms with van der Waals surface area (Å²) in [5.74, 6) is -5.70. The van der Waals surface area contributed by atoms with Gasteiger partial charge in [0, 0.05) is 19.0 Å². The Morgan fingerprint density at radius 1 is 0.947 bits per heavy atom. The molecule has 0 aliphatic heterocycles. The molecule has 2 fully saturated rings. The number of hydrogen-bond donors (Lipinski definition) is 2. The van der Waals surface area contributed by atoms with Gasteiger partial charge < -0.3 is 24.6 Å². The average Bonchev–Trinajstić information content (AvgIpc) is 2.83. The van der Waals surface area contributed by atoms with Crippen molar-refractivity contribution in [3.05, 3.63) is 60.2 Å². The lowest BCUT2D eigenvalue weighted by Crippen LogP contribution is -2.54. The van der Waals surface area contributed by atoms with Gasteiger partial charge in [-0.2, -0.15) is 0 Å². The first-order valence-corrected chi connectivity index (χ1v) is 13.0. The van der Waals surface area contributed by atoms with Gasteiger partial charge in [0.1, 0.15) is 11.5 Å². The highest BCUT2D eigenvalue weighted by Crippen LogP contribution is 2.44. The summed E-state index contributed by atoms with van der Waals surface area (Å²) >= 11 is 0. The number of benzene rings is 2. The fourth-order valence-electron chi connectivity index (χ4n) is 5.08. The normalized spacial score (nSPS) is 21.3. The number of carboxylic acid groups (broad SMARTS) is 2. The lowest BCUT2D eigenvalue weighted by atomic mass is 9.64. The van der Waals surface area contributed by atoms with E-state index in [1.807, 2.05) is 61.5 Å². The lowest BCUT2D eigenvalue weighted by molar-refractivity contribution is -0.185. The predicted octanol–water partition coefficient (Wildman–Crippen LogP) is 4.35. The Balaban J connectivity index is 1.39. The van der Waals surface area contributed by atoms with Crippen LogP contribution in [0.25, 0.3) is 0 Å². The number of esters is 1. The average molecular weight is 524 g/mol. The zero-order chi connectivity index (χ0) is 27.2. The molecule has 2 aliphatic rings. The fraction of sp³-hybridized carbons (Fsp3) is 0.448. The van der Waals surface area contributed by atoms with Crippen LogP contribution in [-0.2, 0) is 30.5 Å². The second kappa shape index (κ2) is 12.1. The number of carbonyl (C=O) groups excluding carboxylic acids is 2. The summed E-state index contributed by atoms with van der Waals surface area (Å²) in [5.41, 5.74) is 0.860. The first-order valence-electron chi connectivity index (χ1n) is 13.0. The highest BCUT2D eigenvalue weighted by atomic mass is 16.6. The molecule has 4 unspecified atom stereocenters. The van der Waals surface area contributed by atoms with Crippen LogP contribution in [0, 0.1) is 23.7 Å². The molecule has 2 N–H and O–H groups in total. The van der Waals surface area contributed by atoms with Crippen molar-refractivity contribution in [3.63, 3.8) is 0 Å². The summed E-state index contributed by atoms with van der Waals surface area (Å²) in [6, 6.07) is 16.7. The van der Waals surface area contributed by atoms with E-state index in [0.717, 1.165) is 12.0 Å². The minimum absolute atomic E-state index is 0.0235. The number of amides is 1. The summed E-state index contributed by atoms with van der Waals surface area (Å²) in [6.07, 6.45) is 1.62. The molecular weight excluding hydrogens is 490 g/mol. The maximum atomic E-state index is 13.4.